The van der Waals surface area contributed by atoms with Gasteiger partial charge >= 0.3 is 0 Å². The van der Waals surface area contributed by atoms with Crippen LogP contribution in [0.1, 0.15) is 6.92 Å². The number of nitrogens with zero attached hydrogens (tertiary/aromatic N) is 3. The molecule has 0 aliphatic rings. The van der Waals surface area contributed by atoms with Crippen LogP contribution in [0.25, 0.3) is 0 Å². The van der Waals surface area contributed by atoms with Crippen molar-refractivity contribution in [1.29, 1.82) is 0 Å². The lowest BCUT2D eigenvalue weighted by Crippen LogP contribution is -2.30. The van der Waals surface area contributed by atoms with E-state index in [9.17, 15) is 4.79 Å². The van der Waals surface area contributed by atoms with Gasteiger partial charge in [0.25, 0.3) is 5.56 Å². The summed E-state index contributed by atoms with van der Waals surface area (Å²) in [6.45, 7) is 3.68. The Morgan fingerprint density at radius 2 is 2.33 bits per heavy atom. The van der Waals surface area contributed by atoms with Crippen molar-refractivity contribution >= 4 is 21.6 Å². The van der Waals surface area contributed by atoms with E-state index >= 15 is 0 Å². The molecule has 84 valence electrons. The monoisotopic (exact) mass is 274 g/mol. The maximum atomic E-state index is 11.7. The summed E-state index contributed by atoms with van der Waals surface area (Å²) < 4.78 is 1.94. The molecule has 0 unspecified atom stereocenters. The molecular weight excluding hydrogens is 260 g/mol. The predicted molar refractivity (Wildman–Crippen MR) is 64.2 cm³/mol. The zero-order chi connectivity index (χ0) is 11.4. The summed E-state index contributed by atoms with van der Waals surface area (Å²) in [6, 6.07) is 0. The smallest absolute Gasteiger partial charge is 0.283 e. The topological polar surface area (TPSA) is 64.2 Å². The highest BCUT2D eigenvalue weighted by atomic mass is 79.9. The van der Waals surface area contributed by atoms with Crippen LogP contribution in [0.2, 0.25) is 0 Å². The van der Waals surface area contributed by atoms with Crippen LogP contribution < -0.4 is 16.2 Å². The highest BCUT2D eigenvalue weighted by Gasteiger charge is 2.10. The number of aryl methyl sites for hydroxylation is 1. The van der Waals surface area contributed by atoms with E-state index in [1.807, 2.05) is 18.9 Å². The standard InChI is InChI=1S/C9H15BrN4O/c1-3-14-9(15)8(10)7(6-12-14)13(2)5-4-11/h6H,3-5,11H2,1-2H3. The Bertz CT molecular complexity index is 390. The lowest BCUT2D eigenvalue weighted by Gasteiger charge is -2.19. The molecule has 15 heavy (non-hydrogen) atoms. The number of nitrogens with two attached hydrogens (primary N) is 1. The van der Waals surface area contributed by atoms with Gasteiger partial charge in [-0.25, -0.2) is 4.68 Å². The highest BCUT2D eigenvalue weighted by Crippen LogP contribution is 2.19. The molecule has 0 bridgehead atoms. The van der Waals surface area contributed by atoms with Crippen molar-refractivity contribution < 1.29 is 0 Å². The van der Waals surface area contributed by atoms with Crippen LogP contribution >= 0.6 is 15.9 Å². The maximum absolute atomic E-state index is 11.7. The molecule has 0 atom stereocenters. The largest absolute Gasteiger partial charge is 0.371 e. The van der Waals surface area contributed by atoms with Crippen LogP contribution in [0.5, 0.6) is 0 Å². The first-order valence-electron chi connectivity index (χ1n) is 4.78. The molecule has 0 spiro atoms. The van der Waals surface area contributed by atoms with Gasteiger partial charge in [-0.1, -0.05) is 0 Å². The van der Waals surface area contributed by atoms with Crippen LogP contribution in [0.4, 0.5) is 5.69 Å². The van der Waals surface area contributed by atoms with E-state index in [0.717, 1.165) is 5.69 Å². The van der Waals surface area contributed by atoms with Crippen molar-refractivity contribution in [2.75, 3.05) is 25.0 Å². The third kappa shape index (κ3) is 2.57. The number of anilines is 1. The Kier molecular flexibility index (Phi) is 4.28. The second-order valence-electron chi connectivity index (χ2n) is 3.17. The van der Waals surface area contributed by atoms with Crippen molar-refractivity contribution in [2.45, 2.75) is 13.5 Å². The zero-order valence-electron chi connectivity index (χ0n) is 8.90. The number of halogens is 1. The minimum absolute atomic E-state index is 0.112. The summed E-state index contributed by atoms with van der Waals surface area (Å²) in [5.74, 6) is 0. The fourth-order valence-corrected chi connectivity index (χ4v) is 1.87. The summed E-state index contributed by atoms with van der Waals surface area (Å²) in [5.41, 5.74) is 6.11. The van der Waals surface area contributed by atoms with Gasteiger partial charge in [0.15, 0.2) is 0 Å². The number of hydrogen-bond donors (Lipinski definition) is 1. The molecule has 0 saturated heterocycles. The van der Waals surface area contributed by atoms with Gasteiger partial charge in [0.05, 0.1) is 11.9 Å². The van der Waals surface area contributed by atoms with Gasteiger partial charge < -0.3 is 10.6 Å². The molecule has 0 saturated carbocycles. The Morgan fingerprint density at radius 1 is 1.67 bits per heavy atom. The first-order valence-corrected chi connectivity index (χ1v) is 5.58. The number of rotatable bonds is 4. The quantitative estimate of drug-likeness (QED) is 0.865. The van der Waals surface area contributed by atoms with E-state index in [1.54, 1.807) is 6.20 Å². The van der Waals surface area contributed by atoms with Gasteiger partial charge in [0.1, 0.15) is 4.47 Å². The lowest BCUT2D eigenvalue weighted by molar-refractivity contribution is 0.610. The van der Waals surface area contributed by atoms with E-state index in [-0.39, 0.29) is 5.56 Å². The SMILES string of the molecule is CCn1ncc(N(C)CCN)c(Br)c1=O. The Labute approximate surface area is 97.0 Å². The fourth-order valence-electron chi connectivity index (χ4n) is 1.26. The predicted octanol–water partition coefficient (Wildman–Crippen LogP) is 0.421. The molecule has 0 aliphatic carbocycles. The van der Waals surface area contributed by atoms with Crippen molar-refractivity contribution in [2.24, 2.45) is 5.73 Å². The van der Waals surface area contributed by atoms with Gasteiger partial charge in [0.2, 0.25) is 0 Å². The average Bonchev–Trinajstić information content (AvgIpc) is 2.22. The summed E-state index contributed by atoms with van der Waals surface area (Å²) in [4.78, 5) is 13.6. The first kappa shape index (κ1) is 12.2. The minimum atomic E-state index is -0.112. The first-order chi connectivity index (χ1) is 7.11. The molecule has 5 nitrogen and oxygen atoms in total. The Balaban J connectivity index is 3.12. The number of aromatic nitrogens is 2. The summed E-state index contributed by atoms with van der Waals surface area (Å²) >= 11 is 3.29. The summed E-state index contributed by atoms with van der Waals surface area (Å²) in [7, 11) is 1.88. The highest BCUT2D eigenvalue weighted by molar-refractivity contribution is 9.10. The van der Waals surface area contributed by atoms with Crippen molar-refractivity contribution in [3.8, 4) is 0 Å². The van der Waals surface area contributed by atoms with E-state index in [4.69, 9.17) is 5.73 Å². The third-order valence-electron chi connectivity index (χ3n) is 2.14. The normalized spacial score (nSPS) is 10.4. The van der Waals surface area contributed by atoms with E-state index in [2.05, 4.69) is 21.0 Å². The molecule has 0 aliphatic heterocycles. The van der Waals surface area contributed by atoms with Gasteiger partial charge in [-0.05, 0) is 22.9 Å². The molecule has 1 aromatic rings. The second kappa shape index (κ2) is 5.27. The molecule has 0 radical (unpaired) electrons. The lowest BCUT2D eigenvalue weighted by atomic mass is 10.4. The van der Waals surface area contributed by atoms with E-state index < -0.39 is 0 Å². The minimum Gasteiger partial charge on any atom is -0.371 e. The molecule has 2 N–H and O–H groups in total. The van der Waals surface area contributed by atoms with Crippen LogP contribution in [0.3, 0.4) is 0 Å². The van der Waals surface area contributed by atoms with Gasteiger partial charge in [-0.2, -0.15) is 5.10 Å². The molecule has 1 rings (SSSR count). The molecular formula is C9H15BrN4O. The molecule has 0 aromatic carbocycles. The summed E-state index contributed by atoms with van der Waals surface area (Å²) in [5, 5.41) is 4.05. The number of likely N-dealkylation sites (N-methyl/N-ethyl adjacent to an activating group) is 1. The van der Waals surface area contributed by atoms with E-state index in [0.29, 0.717) is 24.1 Å². The molecule has 1 heterocycles. The van der Waals surface area contributed by atoms with Crippen LogP contribution in [0, 0.1) is 0 Å². The third-order valence-corrected chi connectivity index (χ3v) is 2.89. The second-order valence-corrected chi connectivity index (χ2v) is 3.97. The molecule has 0 fully saturated rings. The van der Waals surface area contributed by atoms with Crippen LogP contribution in [0.15, 0.2) is 15.5 Å². The summed E-state index contributed by atoms with van der Waals surface area (Å²) in [6.07, 6.45) is 1.67. The van der Waals surface area contributed by atoms with E-state index in [1.165, 1.54) is 4.68 Å². The zero-order valence-corrected chi connectivity index (χ0v) is 10.5. The average molecular weight is 275 g/mol. The Hall–Kier alpha value is -0.880. The van der Waals surface area contributed by atoms with Crippen molar-refractivity contribution in [1.82, 2.24) is 9.78 Å². The molecule has 1 aromatic heterocycles. The van der Waals surface area contributed by atoms with Gasteiger partial charge in [0, 0.05) is 26.7 Å². The van der Waals surface area contributed by atoms with Crippen molar-refractivity contribution in [3.05, 3.63) is 21.0 Å². The number of hydrogen-bond acceptors (Lipinski definition) is 4. The van der Waals surface area contributed by atoms with Crippen molar-refractivity contribution in [3.63, 3.8) is 0 Å². The molecule has 6 heteroatoms. The fraction of sp³-hybridized carbons (Fsp3) is 0.556. The van der Waals surface area contributed by atoms with Gasteiger partial charge in [-0.3, -0.25) is 4.79 Å². The Morgan fingerprint density at radius 3 is 2.87 bits per heavy atom. The van der Waals surface area contributed by atoms with Gasteiger partial charge in [-0.15, -0.1) is 0 Å². The van der Waals surface area contributed by atoms with Crippen LogP contribution in [-0.2, 0) is 6.54 Å². The van der Waals surface area contributed by atoms with Crippen LogP contribution in [-0.4, -0.2) is 29.9 Å². The maximum Gasteiger partial charge on any atom is 0.283 e. The molecule has 0 amide bonds.